The molecule has 5 heteroatoms. The van der Waals surface area contributed by atoms with Gasteiger partial charge in [0.15, 0.2) is 0 Å². The third-order valence-corrected chi connectivity index (χ3v) is 5.02. The van der Waals surface area contributed by atoms with Crippen LogP contribution in [0.25, 0.3) is 0 Å². The first-order valence-corrected chi connectivity index (χ1v) is 7.02. The van der Waals surface area contributed by atoms with E-state index in [-0.39, 0.29) is 11.5 Å². The summed E-state index contributed by atoms with van der Waals surface area (Å²) < 4.78 is 0. The van der Waals surface area contributed by atoms with Gasteiger partial charge in [-0.2, -0.15) is 0 Å². The zero-order valence-corrected chi connectivity index (χ0v) is 10.8. The number of fused-ring (bicyclic) bond motifs is 2. The van der Waals surface area contributed by atoms with Gasteiger partial charge in [-0.1, -0.05) is 5.16 Å². The van der Waals surface area contributed by atoms with Crippen molar-refractivity contribution in [3.8, 4) is 0 Å². The van der Waals surface area contributed by atoms with Crippen molar-refractivity contribution in [3.63, 3.8) is 0 Å². The van der Waals surface area contributed by atoms with Crippen LogP contribution in [0.3, 0.4) is 0 Å². The number of piperidine rings is 1. The molecule has 2 atom stereocenters. The smallest absolute Gasteiger partial charge is 0.139 e. The van der Waals surface area contributed by atoms with E-state index in [2.05, 4.69) is 10.1 Å². The van der Waals surface area contributed by atoms with Gasteiger partial charge in [-0.15, -0.1) is 0 Å². The molecule has 0 aromatic carbocycles. The Morgan fingerprint density at radius 3 is 2.39 bits per heavy atom. The molecule has 1 saturated carbocycles. The number of nitrogens with two attached hydrogens (primary N) is 1. The van der Waals surface area contributed by atoms with Crippen LogP contribution < -0.4 is 5.73 Å². The molecule has 3 aliphatic rings. The fourth-order valence-corrected chi connectivity index (χ4v) is 3.88. The van der Waals surface area contributed by atoms with E-state index >= 15 is 0 Å². The van der Waals surface area contributed by atoms with Crippen molar-refractivity contribution in [2.45, 2.75) is 63.1 Å². The second-order valence-electron chi connectivity index (χ2n) is 6.45. The van der Waals surface area contributed by atoms with Crippen molar-refractivity contribution in [1.82, 2.24) is 4.90 Å². The summed E-state index contributed by atoms with van der Waals surface area (Å²) in [6.07, 6.45) is 7.28. The Labute approximate surface area is 108 Å². The summed E-state index contributed by atoms with van der Waals surface area (Å²) in [4.78, 5) is 2.59. The predicted octanol–water partition coefficient (Wildman–Crippen LogP) is 0.891. The Morgan fingerprint density at radius 2 is 1.89 bits per heavy atom. The Bertz CT molecular complexity index is 340. The molecular weight excluding hydrogens is 230 g/mol. The van der Waals surface area contributed by atoms with Gasteiger partial charge < -0.3 is 16.0 Å². The van der Waals surface area contributed by atoms with Crippen LogP contribution in [-0.2, 0) is 0 Å². The molecule has 2 bridgehead atoms. The largest absolute Gasteiger partial charge is 0.409 e. The van der Waals surface area contributed by atoms with Crippen molar-refractivity contribution in [2.24, 2.45) is 16.3 Å². The van der Waals surface area contributed by atoms with Gasteiger partial charge in [-0.25, -0.2) is 0 Å². The SMILES string of the molecule is NC(CC1(CN2C3CCC2CC(O)C3)CC1)=NO. The van der Waals surface area contributed by atoms with E-state index in [1.807, 2.05) is 0 Å². The standard InChI is InChI=1S/C13H23N3O2/c14-12(15-18)7-13(3-4-13)8-16-9-1-2-10(16)6-11(17)5-9/h9-11,17-18H,1-8H2,(H2,14,15). The lowest BCUT2D eigenvalue weighted by molar-refractivity contribution is 0.0247. The first-order chi connectivity index (χ1) is 8.62. The van der Waals surface area contributed by atoms with Gasteiger partial charge in [-0.3, -0.25) is 4.90 Å². The lowest BCUT2D eigenvalue weighted by Crippen LogP contribution is -2.47. The highest BCUT2D eigenvalue weighted by Crippen LogP contribution is 2.51. The van der Waals surface area contributed by atoms with Crippen molar-refractivity contribution in [3.05, 3.63) is 0 Å². The molecule has 0 aromatic heterocycles. The van der Waals surface area contributed by atoms with E-state index in [1.54, 1.807) is 0 Å². The topological polar surface area (TPSA) is 82.1 Å². The van der Waals surface area contributed by atoms with Gasteiger partial charge in [0.1, 0.15) is 5.84 Å². The van der Waals surface area contributed by atoms with Crippen LogP contribution in [0, 0.1) is 5.41 Å². The highest BCUT2D eigenvalue weighted by atomic mass is 16.4. The molecule has 2 unspecified atom stereocenters. The number of hydrogen-bond donors (Lipinski definition) is 3. The maximum atomic E-state index is 9.81. The van der Waals surface area contributed by atoms with Gasteiger partial charge in [0, 0.05) is 25.0 Å². The molecule has 3 rings (SSSR count). The zero-order chi connectivity index (χ0) is 12.8. The molecule has 2 saturated heterocycles. The lowest BCUT2D eigenvalue weighted by atomic mass is 9.95. The van der Waals surface area contributed by atoms with Gasteiger partial charge in [0.05, 0.1) is 6.10 Å². The van der Waals surface area contributed by atoms with E-state index in [1.165, 1.54) is 25.7 Å². The second-order valence-corrected chi connectivity index (χ2v) is 6.45. The zero-order valence-electron chi connectivity index (χ0n) is 10.8. The molecule has 5 nitrogen and oxygen atoms in total. The number of hydrogen-bond acceptors (Lipinski definition) is 4. The molecule has 0 amide bonds. The minimum Gasteiger partial charge on any atom is -0.409 e. The van der Waals surface area contributed by atoms with E-state index < -0.39 is 0 Å². The molecule has 2 heterocycles. The fourth-order valence-electron chi connectivity index (χ4n) is 3.88. The Balaban J connectivity index is 1.63. The second kappa shape index (κ2) is 4.38. The highest BCUT2D eigenvalue weighted by Gasteiger charge is 2.49. The quantitative estimate of drug-likeness (QED) is 0.301. The summed E-state index contributed by atoms with van der Waals surface area (Å²) in [7, 11) is 0. The molecule has 3 fully saturated rings. The van der Waals surface area contributed by atoms with E-state index in [0.29, 0.717) is 24.3 Å². The van der Waals surface area contributed by atoms with Crippen molar-refractivity contribution < 1.29 is 10.3 Å². The van der Waals surface area contributed by atoms with Crippen LogP contribution in [0.1, 0.15) is 44.9 Å². The van der Waals surface area contributed by atoms with Crippen LogP contribution in [0.15, 0.2) is 5.16 Å². The summed E-state index contributed by atoms with van der Waals surface area (Å²) in [5.41, 5.74) is 5.90. The number of nitrogens with zero attached hydrogens (tertiary/aromatic N) is 2. The molecular formula is C13H23N3O2. The number of aliphatic hydroxyl groups excluding tert-OH is 1. The molecule has 0 radical (unpaired) electrons. The molecule has 2 aliphatic heterocycles. The molecule has 4 N–H and O–H groups in total. The van der Waals surface area contributed by atoms with Crippen LogP contribution in [-0.4, -0.2) is 45.8 Å². The number of amidine groups is 1. The van der Waals surface area contributed by atoms with Gasteiger partial charge in [-0.05, 0) is 43.9 Å². The van der Waals surface area contributed by atoms with Crippen molar-refractivity contribution in [2.75, 3.05) is 6.54 Å². The summed E-state index contributed by atoms with van der Waals surface area (Å²) >= 11 is 0. The molecule has 0 aromatic rings. The monoisotopic (exact) mass is 253 g/mol. The Hall–Kier alpha value is -0.810. The van der Waals surface area contributed by atoms with Crippen LogP contribution in [0.2, 0.25) is 0 Å². The molecule has 102 valence electrons. The van der Waals surface area contributed by atoms with Crippen molar-refractivity contribution >= 4 is 5.84 Å². The molecule has 18 heavy (non-hydrogen) atoms. The van der Waals surface area contributed by atoms with Crippen molar-refractivity contribution in [1.29, 1.82) is 0 Å². The number of oxime groups is 1. The van der Waals surface area contributed by atoms with Crippen LogP contribution >= 0.6 is 0 Å². The fraction of sp³-hybridized carbons (Fsp3) is 0.923. The first kappa shape index (κ1) is 12.2. The van der Waals surface area contributed by atoms with E-state index in [4.69, 9.17) is 10.9 Å². The first-order valence-electron chi connectivity index (χ1n) is 7.02. The predicted molar refractivity (Wildman–Crippen MR) is 68.4 cm³/mol. The lowest BCUT2D eigenvalue weighted by Gasteiger charge is -2.39. The van der Waals surface area contributed by atoms with Gasteiger partial charge >= 0.3 is 0 Å². The minimum atomic E-state index is -0.0991. The molecule has 1 aliphatic carbocycles. The van der Waals surface area contributed by atoms with Crippen LogP contribution in [0.4, 0.5) is 0 Å². The average Bonchev–Trinajstić information content (AvgIpc) is 3.04. The third-order valence-electron chi connectivity index (χ3n) is 5.02. The third kappa shape index (κ3) is 2.21. The Kier molecular flexibility index (Phi) is 2.98. The summed E-state index contributed by atoms with van der Waals surface area (Å²) in [6.45, 7) is 1.06. The number of aliphatic hydroxyl groups is 1. The highest BCUT2D eigenvalue weighted by molar-refractivity contribution is 5.80. The summed E-state index contributed by atoms with van der Waals surface area (Å²) in [6, 6.07) is 1.12. The summed E-state index contributed by atoms with van der Waals surface area (Å²) in [5.74, 6) is 0.358. The summed E-state index contributed by atoms with van der Waals surface area (Å²) in [5, 5.41) is 21.6. The number of rotatable bonds is 4. The molecule has 0 spiro atoms. The van der Waals surface area contributed by atoms with Crippen LogP contribution in [0.5, 0.6) is 0 Å². The van der Waals surface area contributed by atoms with E-state index in [0.717, 1.165) is 19.4 Å². The van der Waals surface area contributed by atoms with E-state index in [9.17, 15) is 5.11 Å². The van der Waals surface area contributed by atoms with Gasteiger partial charge in [0.2, 0.25) is 0 Å². The Morgan fingerprint density at radius 1 is 1.28 bits per heavy atom. The normalized spacial score (nSPS) is 38.9. The average molecular weight is 253 g/mol. The minimum absolute atomic E-state index is 0.0991. The maximum Gasteiger partial charge on any atom is 0.139 e. The van der Waals surface area contributed by atoms with Gasteiger partial charge in [0.25, 0.3) is 0 Å². The maximum absolute atomic E-state index is 9.81.